The Morgan fingerprint density at radius 1 is 1.38 bits per heavy atom. The van der Waals surface area contributed by atoms with Gasteiger partial charge in [-0.05, 0) is 18.1 Å². The lowest BCUT2D eigenvalue weighted by molar-refractivity contribution is -0.134. The predicted octanol–water partition coefficient (Wildman–Crippen LogP) is 1.55. The van der Waals surface area contributed by atoms with E-state index in [2.05, 4.69) is 10.3 Å². The average Bonchev–Trinajstić information content (AvgIpc) is 2.30. The molecule has 0 aromatic heterocycles. The van der Waals surface area contributed by atoms with Crippen LogP contribution in [-0.4, -0.2) is 20.1 Å². The average molecular weight is 223 g/mol. The number of carbonyl (C=O) groups is 1. The van der Waals surface area contributed by atoms with E-state index in [1.54, 1.807) is 7.11 Å². The van der Waals surface area contributed by atoms with Crippen molar-refractivity contribution in [2.45, 2.75) is 13.3 Å². The first kappa shape index (κ1) is 12.5. The zero-order chi connectivity index (χ0) is 12.0. The first-order valence-electron chi connectivity index (χ1n) is 5.13. The molecule has 0 fully saturated rings. The third kappa shape index (κ3) is 3.24. The summed E-state index contributed by atoms with van der Waals surface area (Å²) in [5.41, 5.74) is 3.34. The zero-order valence-electron chi connectivity index (χ0n) is 9.82. The molecule has 1 atom stereocenters. The van der Waals surface area contributed by atoms with Crippen LogP contribution < -0.4 is 10.2 Å². The molecule has 0 aliphatic heterocycles. The second-order valence-electron chi connectivity index (χ2n) is 3.59. The van der Waals surface area contributed by atoms with Crippen LogP contribution in [0.25, 0.3) is 0 Å². The van der Waals surface area contributed by atoms with Crippen molar-refractivity contribution in [1.29, 1.82) is 0 Å². The van der Waals surface area contributed by atoms with E-state index in [0.717, 1.165) is 11.3 Å². The van der Waals surface area contributed by atoms with Gasteiger partial charge in [-0.15, -0.1) is 0 Å². The first-order chi connectivity index (χ1) is 7.69. The highest BCUT2D eigenvalue weighted by Crippen LogP contribution is 2.20. The molecule has 0 unspecified atom stereocenters. The SMILES string of the molecule is CONC(=O)[C@@H](C)Cc1ccccc1OC. The minimum atomic E-state index is -0.156. The fraction of sp³-hybridized carbons (Fsp3) is 0.417. The second-order valence-corrected chi connectivity index (χ2v) is 3.59. The molecule has 0 aliphatic rings. The molecule has 0 heterocycles. The molecule has 0 radical (unpaired) electrons. The number of benzene rings is 1. The van der Waals surface area contributed by atoms with Crippen LogP contribution in [-0.2, 0) is 16.1 Å². The normalized spacial score (nSPS) is 11.9. The van der Waals surface area contributed by atoms with Crippen molar-refractivity contribution in [3.05, 3.63) is 29.8 Å². The molecule has 1 aromatic carbocycles. The third-order valence-electron chi connectivity index (χ3n) is 2.37. The van der Waals surface area contributed by atoms with Gasteiger partial charge in [0.05, 0.1) is 14.2 Å². The molecule has 1 aromatic rings. The molecule has 1 amide bonds. The highest BCUT2D eigenvalue weighted by Gasteiger charge is 2.15. The van der Waals surface area contributed by atoms with Crippen LogP contribution in [0, 0.1) is 5.92 Å². The highest BCUT2D eigenvalue weighted by molar-refractivity contribution is 5.77. The molecule has 0 aliphatic carbocycles. The Morgan fingerprint density at radius 3 is 2.69 bits per heavy atom. The number of ether oxygens (including phenoxy) is 1. The van der Waals surface area contributed by atoms with Crippen molar-refractivity contribution in [2.75, 3.05) is 14.2 Å². The van der Waals surface area contributed by atoms with E-state index in [1.165, 1.54) is 7.11 Å². The molecule has 16 heavy (non-hydrogen) atoms. The van der Waals surface area contributed by atoms with Crippen molar-refractivity contribution >= 4 is 5.91 Å². The number of nitrogens with one attached hydrogen (secondary N) is 1. The maximum Gasteiger partial charge on any atom is 0.246 e. The Morgan fingerprint density at radius 2 is 2.06 bits per heavy atom. The largest absolute Gasteiger partial charge is 0.496 e. The van der Waals surface area contributed by atoms with Gasteiger partial charge in [-0.3, -0.25) is 9.63 Å². The Hall–Kier alpha value is -1.55. The number of rotatable bonds is 5. The highest BCUT2D eigenvalue weighted by atomic mass is 16.6. The Kier molecular flexibility index (Phi) is 4.79. The van der Waals surface area contributed by atoms with Gasteiger partial charge in [0.25, 0.3) is 0 Å². The zero-order valence-corrected chi connectivity index (χ0v) is 9.82. The first-order valence-corrected chi connectivity index (χ1v) is 5.13. The van der Waals surface area contributed by atoms with Gasteiger partial charge >= 0.3 is 0 Å². The molecule has 4 nitrogen and oxygen atoms in total. The van der Waals surface area contributed by atoms with E-state index in [4.69, 9.17) is 4.74 Å². The summed E-state index contributed by atoms with van der Waals surface area (Å²) in [5.74, 6) is 0.518. The molecular formula is C12H17NO3. The van der Waals surface area contributed by atoms with E-state index in [0.29, 0.717) is 6.42 Å². The molecular weight excluding hydrogens is 206 g/mol. The maximum atomic E-state index is 11.5. The van der Waals surface area contributed by atoms with Crippen molar-refractivity contribution in [1.82, 2.24) is 5.48 Å². The van der Waals surface area contributed by atoms with Gasteiger partial charge in [0.15, 0.2) is 0 Å². The summed E-state index contributed by atoms with van der Waals surface area (Å²) >= 11 is 0. The fourth-order valence-corrected chi connectivity index (χ4v) is 1.50. The van der Waals surface area contributed by atoms with Crippen LogP contribution in [0.15, 0.2) is 24.3 Å². The van der Waals surface area contributed by atoms with Crippen LogP contribution >= 0.6 is 0 Å². The quantitative estimate of drug-likeness (QED) is 0.770. The van der Waals surface area contributed by atoms with Crippen LogP contribution in [0.1, 0.15) is 12.5 Å². The molecule has 0 bridgehead atoms. The lowest BCUT2D eigenvalue weighted by Crippen LogP contribution is -2.29. The molecule has 0 spiro atoms. The summed E-state index contributed by atoms with van der Waals surface area (Å²) < 4.78 is 5.22. The van der Waals surface area contributed by atoms with Gasteiger partial charge in [-0.2, -0.15) is 0 Å². The van der Waals surface area contributed by atoms with E-state index in [9.17, 15) is 4.79 Å². The van der Waals surface area contributed by atoms with Crippen LogP contribution in [0.3, 0.4) is 0 Å². The van der Waals surface area contributed by atoms with Crippen LogP contribution in [0.5, 0.6) is 5.75 Å². The van der Waals surface area contributed by atoms with Crippen molar-refractivity contribution in [2.24, 2.45) is 5.92 Å². The van der Waals surface area contributed by atoms with Gasteiger partial charge < -0.3 is 4.74 Å². The molecule has 88 valence electrons. The lowest BCUT2D eigenvalue weighted by atomic mass is 10.00. The molecule has 0 saturated heterocycles. The van der Waals surface area contributed by atoms with Crippen molar-refractivity contribution < 1.29 is 14.4 Å². The number of hydrogen-bond donors (Lipinski definition) is 1. The Bertz CT molecular complexity index is 352. The molecule has 1 rings (SSSR count). The monoisotopic (exact) mass is 223 g/mol. The summed E-state index contributed by atoms with van der Waals surface area (Å²) in [7, 11) is 3.05. The van der Waals surface area contributed by atoms with E-state index >= 15 is 0 Å². The van der Waals surface area contributed by atoms with Gasteiger partial charge in [0.2, 0.25) is 5.91 Å². The summed E-state index contributed by atoms with van der Waals surface area (Å²) in [5, 5.41) is 0. The van der Waals surface area contributed by atoms with Crippen molar-refractivity contribution in [3.8, 4) is 5.75 Å². The number of hydroxylamine groups is 1. The summed E-state index contributed by atoms with van der Waals surface area (Å²) in [6, 6.07) is 7.67. The topological polar surface area (TPSA) is 47.6 Å². The van der Waals surface area contributed by atoms with E-state index in [1.807, 2.05) is 31.2 Å². The number of carbonyl (C=O) groups excluding carboxylic acids is 1. The minimum Gasteiger partial charge on any atom is -0.496 e. The smallest absolute Gasteiger partial charge is 0.246 e. The molecule has 0 saturated carbocycles. The number of para-hydroxylation sites is 1. The van der Waals surface area contributed by atoms with Crippen LogP contribution in [0.4, 0.5) is 0 Å². The number of methoxy groups -OCH3 is 1. The Labute approximate surface area is 95.5 Å². The summed E-state index contributed by atoms with van der Waals surface area (Å²) in [4.78, 5) is 16.1. The fourth-order valence-electron chi connectivity index (χ4n) is 1.50. The predicted molar refractivity (Wildman–Crippen MR) is 61.0 cm³/mol. The second kappa shape index (κ2) is 6.12. The summed E-state index contributed by atoms with van der Waals surface area (Å²) in [6.07, 6.45) is 0.624. The summed E-state index contributed by atoms with van der Waals surface area (Å²) in [6.45, 7) is 1.85. The number of hydrogen-bond acceptors (Lipinski definition) is 3. The standard InChI is InChI=1S/C12H17NO3/c1-9(12(14)13-16-3)8-10-6-4-5-7-11(10)15-2/h4-7,9H,8H2,1-3H3,(H,13,14)/t9-/m0/s1. The van der Waals surface area contributed by atoms with Crippen LogP contribution in [0.2, 0.25) is 0 Å². The Balaban J connectivity index is 2.68. The van der Waals surface area contributed by atoms with Gasteiger partial charge in [0, 0.05) is 5.92 Å². The minimum absolute atomic E-state index is 0.131. The van der Waals surface area contributed by atoms with Gasteiger partial charge in [-0.1, -0.05) is 25.1 Å². The molecule has 1 N–H and O–H groups in total. The van der Waals surface area contributed by atoms with E-state index < -0.39 is 0 Å². The van der Waals surface area contributed by atoms with Crippen molar-refractivity contribution in [3.63, 3.8) is 0 Å². The van der Waals surface area contributed by atoms with E-state index in [-0.39, 0.29) is 11.8 Å². The lowest BCUT2D eigenvalue weighted by Gasteiger charge is -2.13. The maximum absolute atomic E-state index is 11.5. The number of amides is 1. The van der Waals surface area contributed by atoms with Gasteiger partial charge in [-0.25, -0.2) is 5.48 Å². The van der Waals surface area contributed by atoms with Gasteiger partial charge in [0.1, 0.15) is 5.75 Å². The third-order valence-corrected chi connectivity index (χ3v) is 2.37. The molecule has 4 heteroatoms.